The lowest BCUT2D eigenvalue weighted by atomic mass is 9.99. The molecule has 2 aromatic carbocycles. The van der Waals surface area contributed by atoms with Gasteiger partial charge in [0.15, 0.2) is 0 Å². The van der Waals surface area contributed by atoms with Crippen LogP contribution in [0.5, 0.6) is 0 Å². The van der Waals surface area contributed by atoms with Crippen LogP contribution in [0.3, 0.4) is 0 Å². The summed E-state index contributed by atoms with van der Waals surface area (Å²) in [4.78, 5) is 7.62. The lowest BCUT2D eigenvalue weighted by Gasteiger charge is -2.12. The molecule has 0 amide bonds. The molecule has 0 heterocycles. The number of aliphatic imine (C=N–C) groups is 1. The van der Waals surface area contributed by atoms with Crippen molar-refractivity contribution in [1.29, 1.82) is 0 Å². The fourth-order valence-electron chi connectivity index (χ4n) is 2.24. The summed E-state index contributed by atoms with van der Waals surface area (Å²) in [7, 11) is 1.95. The van der Waals surface area contributed by atoms with Gasteiger partial charge in [0.2, 0.25) is 0 Å². The van der Waals surface area contributed by atoms with Crippen molar-refractivity contribution in [3.8, 4) is 0 Å². The van der Waals surface area contributed by atoms with Crippen molar-refractivity contribution < 1.29 is 4.39 Å². The first kappa shape index (κ1) is 17.5. The molecule has 23 heavy (non-hydrogen) atoms. The number of hydrogen-bond acceptors (Lipinski definition) is 2. The van der Waals surface area contributed by atoms with E-state index in [4.69, 9.17) is 0 Å². The molecule has 0 bridgehead atoms. The van der Waals surface area contributed by atoms with Crippen LogP contribution in [0.15, 0.2) is 46.3 Å². The molecule has 0 aromatic heterocycles. The van der Waals surface area contributed by atoms with Gasteiger partial charge in [0.1, 0.15) is 5.82 Å². The van der Waals surface area contributed by atoms with Crippen LogP contribution in [0.25, 0.3) is 0 Å². The second-order valence-corrected chi connectivity index (χ2v) is 6.43. The smallest absolute Gasteiger partial charge is 0.125 e. The quantitative estimate of drug-likeness (QED) is 0.418. The van der Waals surface area contributed by atoms with Crippen molar-refractivity contribution in [2.24, 2.45) is 4.99 Å². The first-order valence-electron chi connectivity index (χ1n) is 7.70. The van der Waals surface area contributed by atoms with Gasteiger partial charge in [-0.25, -0.2) is 9.38 Å². The predicted octanol–water partition coefficient (Wildman–Crippen LogP) is 5.06. The molecule has 0 spiro atoms. The Morgan fingerprint density at radius 3 is 2.52 bits per heavy atom. The summed E-state index contributed by atoms with van der Waals surface area (Å²) in [6.45, 7) is 4.92. The van der Waals surface area contributed by atoms with Crippen LogP contribution in [0.2, 0.25) is 0 Å². The number of benzene rings is 2. The van der Waals surface area contributed by atoms with Gasteiger partial charge in [-0.15, -0.1) is 11.8 Å². The zero-order valence-electron chi connectivity index (χ0n) is 14.1. The zero-order valence-corrected chi connectivity index (χ0v) is 15.0. The maximum Gasteiger partial charge on any atom is 0.125 e. The number of thioether (sulfide) groups is 1. The van der Waals surface area contributed by atoms with Crippen molar-refractivity contribution in [3.63, 3.8) is 0 Å². The highest BCUT2D eigenvalue weighted by molar-refractivity contribution is 7.98. The first-order chi connectivity index (χ1) is 11.0. The fraction of sp³-hybridized carbons (Fsp3) is 0.316. The Morgan fingerprint density at radius 1 is 1.22 bits per heavy atom. The van der Waals surface area contributed by atoms with Gasteiger partial charge in [-0.3, -0.25) is 0 Å². The zero-order chi connectivity index (χ0) is 16.8. The number of hydrogen-bond donors (Lipinski definition) is 0. The Kier molecular flexibility index (Phi) is 6.22. The summed E-state index contributed by atoms with van der Waals surface area (Å²) in [6.07, 6.45) is 4.52. The van der Waals surface area contributed by atoms with Crippen LogP contribution in [-0.2, 0) is 6.42 Å². The first-order valence-corrected chi connectivity index (χ1v) is 8.92. The van der Waals surface area contributed by atoms with Gasteiger partial charge in [-0.1, -0.05) is 12.1 Å². The third kappa shape index (κ3) is 4.83. The van der Waals surface area contributed by atoms with Crippen molar-refractivity contribution in [2.75, 3.05) is 19.8 Å². The van der Waals surface area contributed by atoms with Gasteiger partial charge >= 0.3 is 0 Å². The van der Waals surface area contributed by atoms with Crippen LogP contribution in [0, 0.1) is 12.7 Å². The van der Waals surface area contributed by atoms with E-state index in [1.165, 1.54) is 16.5 Å². The molecule has 4 heteroatoms. The summed E-state index contributed by atoms with van der Waals surface area (Å²) in [5.74, 6) is -0.238. The average molecular weight is 330 g/mol. The minimum absolute atomic E-state index is 0.238. The SMILES string of the molecule is CCN(C)C=Nc1cc(F)cc(Cc2ccc(SC)cc2)c1C. The van der Waals surface area contributed by atoms with Gasteiger partial charge in [-0.05, 0) is 67.5 Å². The Morgan fingerprint density at radius 2 is 1.91 bits per heavy atom. The molecule has 0 aliphatic heterocycles. The molecule has 2 aromatic rings. The minimum atomic E-state index is -0.238. The van der Waals surface area contributed by atoms with Gasteiger partial charge in [0.05, 0.1) is 12.0 Å². The van der Waals surface area contributed by atoms with Crippen LogP contribution in [-0.4, -0.2) is 31.1 Å². The molecule has 0 unspecified atom stereocenters. The van der Waals surface area contributed by atoms with Crippen molar-refractivity contribution >= 4 is 23.8 Å². The second kappa shape index (κ2) is 8.16. The monoisotopic (exact) mass is 330 g/mol. The highest BCUT2D eigenvalue weighted by Gasteiger charge is 2.08. The van der Waals surface area contributed by atoms with E-state index in [0.717, 1.165) is 17.7 Å². The molecular weight excluding hydrogens is 307 g/mol. The molecule has 0 radical (unpaired) electrons. The lowest BCUT2D eigenvalue weighted by molar-refractivity contribution is 0.552. The minimum Gasteiger partial charge on any atom is -0.366 e. The molecule has 0 N–H and O–H groups in total. The topological polar surface area (TPSA) is 15.6 Å². The van der Waals surface area contributed by atoms with E-state index in [0.29, 0.717) is 12.1 Å². The van der Waals surface area contributed by atoms with E-state index in [2.05, 4.69) is 35.5 Å². The largest absolute Gasteiger partial charge is 0.366 e. The Balaban J connectivity index is 2.27. The van der Waals surface area contributed by atoms with E-state index >= 15 is 0 Å². The summed E-state index contributed by atoms with van der Waals surface area (Å²) >= 11 is 1.72. The Labute approximate surface area is 142 Å². The third-order valence-corrected chi connectivity index (χ3v) is 4.64. The second-order valence-electron chi connectivity index (χ2n) is 5.55. The maximum absolute atomic E-state index is 13.9. The molecule has 0 saturated carbocycles. The summed E-state index contributed by atoms with van der Waals surface area (Å²) in [6, 6.07) is 11.5. The Hall–Kier alpha value is -1.81. The van der Waals surface area contributed by atoms with Crippen molar-refractivity contribution in [2.45, 2.75) is 25.2 Å². The van der Waals surface area contributed by atoms with Crippen LogP contribution >= 0.6 is 11.8 Å². The average Bonchev–Trinajstić information content (AvgIpc) is 2.56. The molecular formula is C19H23FN2S. The van der Waals surface area contributed by atoms with E-state index in [9.17, 15) is 4.39 Å². The van der Waals surface area contributed by atoms with Gasteiger partial charge < -0.3 is 4.90 Å². The normalized spacial score (nSPS) is 11.2. The number of halogens is 1. The van der Waals surface area contributed by atoms with E-state index in [1.807, 2.05) is 25.8 Å². The molecule has 0 fully saturated rings. The molecule has 0 saturated heterocycles. The third-order valence-electron chi connectivity index (χ3n) is 3.90. The molecule has 122 valence electrons. The lowest BCUT2D eigenvalue weighted by Crippen LogP contribution is -2.14. The molecule has 0 aliphatic rings. The molecule has 2 rings (SSSR count). The van der Waals surface area contributed by atoms with Crippen LogP contribution < -0.4 is 0 Å². The van der Waals surface area contributed by atoms with Gasteiger partial charge in [-0.2, -0.15) is 0 Å². The van der Waals surface area contributed by atoms with Crippen molar-refractivity contribution in [1.82, 2.24) is 4.90 Å². The predicted molar refractivity (Wildman–Crippen MR) is 98.6 cm³/mol. The number of rotatable bonds is 6. The summed E-state index contributed by atoms with van der Waals surface area (Å²) in [5.41, 5.74) is 3.88. The maximum atomic E-state index is 13.9. The van der Waals surface area contributed by atoms with E-state index in [1.54, 1.807) is 24.2 Å². The number of nitrogens with zero attached hydrogens (tertiary/aromatic N) is 2. The highest BCUT2D eigenvalue weighted by Crippen LogP contribution is 2.26. The summed E-state index contributed by atoms with van der Waals surface area (Å²) < 4.78 is 13.9. The van der Waals surface area contributed by atoms with Gasteiger partial charge in [0.25, 0.3) is 0 Å². The standard InChI is InChI=1S/C19H23FN2S/c1-5-22(3)13-21-19-12-17(20)11-16(14(19)2)10-15-6-8-18(23-4)9-7-15/h6-9,11-13H,5,10H2,1-4H3. The summed E-state index contributed by atoms with van der Waals surface area (Å²) in [5, 5.41) is 0. The van der Waals surface area contributed by atoms with E-state index < -0.39 is 0 Å². The van der Waals surface area contributed by atoms with E-state index in [-0.39, 0.29) is 5.82 Å². The van der Waals surface area contributed by atoms with Crippen molar-refractivity contribution in [3.05, 3.63) is 58.9 Å². The Bertz CT molecular complexity index is 681. The van der Waals surface area contributed by atoms with Crippen LogP contribution in [0.4, 0.5) is 10.1 Å². The molecule has 2 nitrogen and oxygen atoms in total. The van der Waals surface area contributed by atoms with Gasteiger partial charge in [0, 0.05) is 18.5 Å². The molecule has 0 atom stereocenters. The highest BCUT2D eigenvalue weighted by atomic mass is 32.2. The van der Waals surface area contributed by atoms with Crippen LogP contribution in [0.1, 0.15) is 23.6 Å². The molecule has 0 aliphatic carbocycles. The fourth-order valence-corrected chi connectivity index (χ4v) is 2.65.